The smallest absolute Gasteiger partial charge is 0.176 e. The zero-order valence-corrected chi connectivity index (χ0v) is 9.68. The largest absolute Gasteiger partial charge is 0.363 e. The second-order valence-corrected chi connectivity index (χ2v) is 3.82. The van der Waals surface area contributed by atoms with Crippen LogP contribution in [0, 0.1) is 0 Å². The Morgan fingerprint density at radius 2 is 2.19 bits per heavy atom. The molecule has 0 saturated carbocycles. The van der Waals surface area contributed by atoms with Crippen molar-refractivity contribution in [3.05, 3.63) is 41.6 Å². The van der Waals surface area contributed by atoms with Gasteiger partial charge in [0.25, 0.3) is 0 Å². The molecule has 0 radical (unpaired) electrons. The Kier molecular flexibility index (Phi) is 3.38. The van der Waals surface area contributed by atoms with E-state index in [0.29, 0.717) is 16.0 Å². The third kappa shape index (κ3) is 2.95. The summed E-state index contributed by atoms with van der Waals surface area (Å²) in [7, 11) is 0. The molecule has 0 aliphatic rings. The van der Waals surface area contributed by atoms with Gasteiger partial charge in [-0.05, 0) is 30.4 Å². The van der Waals surface area contributed by atoms with E-state index in [1.165, 1.54) is 6.26 Å². The third-order valence-electron chi connectivity index (χ3n) is 1.76. The molecule has 0 bridgehead atoms. The first kappa shape index (κ1) is 10.9. The summed E-state index contributed by atoms with van der Waals surface area (Å²) in [5, 5.41) is 10.6. The van der Waals surface area contributed by atoms with Crippen molar-refractivity contribution in [2.75, 3.05) is 10.6 Å². The van der Waals surface area contributed by atoms with Gasteiger partial charge in [0.15, 0.2) is 10.9 Å². The van der Waals surface area contributed by atoms with Crippen molar-refractivity contribution >= 4 is 40.4 Å². The number of halogens is 1. The van der Waals surface area contributed by atoms with Gasteiger partial charge in [-0.1, -0.05) is 22.8 Å². The van der Waals surface area contributed by atoms with Gasteiger partial charge in [-0.3, -0.25) is 0 Å². The highest BCUT2D eigenvalue weighted by molar-refractivity contribution is 7.80. The van der Waals surface area contributed by atoms with Gasteiger partial charge < -0.3 is 15.2 Å². The maximum Gasteiger partial charge on any atom is 0.176 e. The lowest BCUT2D eigenvalue weighted by Crippen LogP contribution is -2.19. The summed E-state index contributed by atoms with van der Waals surface area (Å²) in [6.45, 7) is 0. The molecule has 1 aromatic heterocycles. The molecule has 6 heteroatoms. The third-order valence-corrected chi connectivity index (χ3v) is 2.20. The van der Waals surface area contributed by atoms with Crippen LogP contribution in [0.4, 0.5) is 11.5 Å². The van der Waals surface area contributed by atoms with Gasteiger partial charge in [0.1, 0.15) is 6.26 Å². The monoisotopic (exact) mass is 253 g/mol. The Morgan fingerprint density at radius 1 is 1.31 bits per heavy atom. The molecule has 2 N–H and O–H groups in total. The minimum absolute atomic E-state index is 0.427. The number of hydrogen-bond acceptors (Lipinski definition) is 3. The van der Waals surface area contributed by atoms with Gasteiger partial charge >= 0.3 is 0 Å². The van der Waals surface area contributed by atoms with Gasteiger partial charge in [0.05, 0.1) is 0 Å². The van der Waals surface area contributed by atoms with Crippen molar-refractivity contribution in [2.45, 2.75) is 0 Å². The van der Waals surface area contributed by atoms with Crippen molar-refractivity contribution in [2.24, 2.45) is 0 Å². The summed E-state index contributed by atoms with van der Waals surface area (Å²) in [5.74, 6) is 0.555. The minimum Gasteiger partial charge on any atom is -0.363 e. The number of rotatable bonds is 2. The number of anilines is 2. The van der Waals surface area contributed by atoms with Gasteiger partial charge in [0.2, 0.25) is 0 Å². The summed E-state index contributed by atoms with van der Waals surface area (Å²) in [6, 6.07) is 8.94. The average molecular weight is 254 g/mol. The van der Waals surface area contributed by atoms with Crippen molar-refractivity contribution in [1.29, 1.82) is 0 Å². The van der Waals surface area contributed by atoms with E-state index < -0.39 is 0 Å². The van der Waals surface area contributed by atoms with E-state index in [2.05, 4.69) is 20.3 Å². The maximum atomic E-state index is 5.84. The van der Waals surface area contributed by atoms with Crippen molar-refractivity contribution < 1.29 is 4.52 Å². The Morgan fingerprint density at radius 3 is 2.88 bits per heavy atom. The van der Waals surface area contributed by atoms with Crippen LogP contribution in [0.3, 0.4) is 0 Å². The van der Waals surface area contributed by atoms with Crippen molar-refractivity contribution in [1.82, 2.24) is 5.16 Å². The fourth-order valence-electron chi connectivity index (χ4n) is 1.12. The number of aromatic nitrogens is 1. The molecule has 0 spiro atoms. The Labute approximate surface area is 103 Å². The van der Waals surface area contributed by atoms with E-state index in [-0.39, 0.29) is 0 Å². The number of benzene rings is 1. The molecule has 0 amide bonds. The summed E-state index contributed by atoms with van der Waals surface area (Å²) < 4.78 is 4.66. The topological polar surface area (TPSA) is 50.1 Å². The molecule has 4 nitrogen and oxygen atoms in total. The number of hydrogen-bond donors (Lipinski definition) is 2. The van der Waals surface area contributed by atoms with E-state index in [1.807, 2.05) is 12.1 Å². The van der Waals surface area contributed by atoms with Crippen LogP contribution in [0.15, 0.2) is 41.1 Å². The maximum absolute atomic E-state index is 5.84. The average Bonchev–Trinajstić information content (AvgIpc) is 2.70. The fraction of sp³-hybridized carbons (Fsp3) is 0. The Hall–Kier alpha value is -1.59. The zero-order valence-electron chi connectivity index (χ0n) is 8.11. The normalized spacial score (nSPS) is 9.81. The van der Waals surface area contributed by atoms with Crippen LogP contribution < -0.4 is 10.6 Å². The lowest BCUT2D eigenvalue weighted by atomic mass is 10.3. The number of nitrogens with zero attached hydrogens (tertiary/aromatic N) is 1. The lowest BCUT2D eigenvalue weighted by Gasteiger charge is -2.07. The van der Waals surface area contributed by atoms with Crippen LogP contribution in [0.5, 0.6) is 0 Å². The SMILES string of the molecule is S=C(Nc1cccc(Cl)c1)Nc1ccon1. The standard InChI is InChI=1S/C10H8ClN3OS/c11-7-2-1-3-8(6-7)12-10(16)13-9-4-5-15-14-9/h1-6H,(H2,12,13,14,16). The predicted octanol–water partition coefficient (Wildman–Crippen LogP) is 3.14. The molecule has 0 fully saturated rings. The molecule has 0 unspecified atom stereocenters. The summed E-state index contributed by atoms with van der Waals surface area (Å²) in [5.41, 5.74) is 0.813. The zero-order chi connectivity index (χ0) is 11.4. The van der Waals surface area contributed by atoms with E-state index in [0.717, 1.165) is 5.69 Å². The highest BCUT2D eigenvalue weighted by Crippen LogP contribution is 2.15. The number of nitrogens with one attached hydrogen (secondary N) is 2. The molecule has 1 heterocycles. The first-order valence-corrected chi connectivity index (χ1v) is 5.26. The molecule has 1 aromatic carbocycles. The summed E-state index contributed by atoms with van der Waals surface area (Å²) >= 11 is 10.9. The van der Waals surface area contributed by atoms with Gasteiger partial charge in [0, 0.05) is 16.8 Å². The molecule has 82 valence electrons. The van der Waals surface area contributed by atoms with E-state index in [1.54, 1.807) is 18.2 Å². The van der Waals surface area contributed by atoms with Crippen molar-refractivity contribution in [3.8, 4) is 0 Å². The van der Waals surface area contributed by atoms with Gasteiger partial charge in [-0.15, -0.1) is 0 Å². The Bertz CT molecular complexity index is 487. The molecular formula is C10H8ClN3OS. The molecular weight excluding hydrogens is 246 g/mol. The van der Waals surface area contributed by atoms with Crippen LogP contribution in [0.1, 0.15) is 0 Å². The fourth-order valence-corrected chi connectivity index (χ4v) is 1.53. The molecule has 0 atom stereocenters. The van der Waals surface area contributed by atoms with E-state index in [9.17, 15) is 0 Å². The van der Waals surface area contributed by atoms with Crippen LogP contribution >= 0.6 is 23.8 Å². The van der Waals surface area contributed by atoms with Crippen LogP contribution in [0.2, 0.25) is 5.02 Å². The first-order chi connectivity index (χ1) is 7.74. The van der Waals surface area contributed by atoms with Gasteiger partial charge in [-0.25, -0.2) is 0 Å². The molecule has 2 aromatic rings. The summed E-state index contributed by atoms with van der Waals surface area (Å²) in [6.07, 6.45) is 1.46. The highest BCUT2D eigenvalue weighted by atomic mass is 35.5. The molecule has 0 saturated heterocycles. The quantitative estimate of drug-likeness (QED) is 0.806. The lowest BCUT2D eigenvalue weighted by molar-refractivity contribution is 0.423. The van der Waals surface area contributed by atoms with Crippen LogP contribution in [-0.4, -0.2) is 10.3 Å². The Balaban J connectivity index is 1.97. The van der Waals surface area contributed by atoms with Crippen molar-refractivity contribution in [3.63, 3.8) is 0 Å². The summed E-state index contributed by atoms with van der Waals surface area (Å²) in [4.78, 5) is 0. The molecule has 16 heavy (non-hydrogen) atoms. The molecule has 2 rings (SSSR count). The van der Waals surface area contributed by atoms with Crippen LogP contribution in [0.25, 0.3) is 0 Å². The van der Waals surface area contributed by atoms with E-state index in [4.69, 9.17) is 23.8 Å². The molecule has 0 aliphatic heterocycles. The second-order valence-electron chi connectivity index (χ2n) is 2.97. The molecule has 0 aliphatic carbocycles. The second kappa shape index (κ2) is 4.96. The van der Waals surface area contributed by atoms with Crippen LogP contribution in [-0.2, 0) is 0 Å². The first-order valence-electron chi connectivity index (χ1n) is 4.48. The number of thiocarbonyl (C=S) groups is 1. The van der Waals surface area contributed by atoms with Gasteiger partial charge in [-0.2, -0.15) is 0 Å². The van der Waals surface area contributed by atoms with E-state index >= 15 is 0 Å². The predicted molar refractivity (Wildman–Crippen MR) is 67.8 cm³/mol. The minimum atomic E-state index is 0.427. The highest BCUT2D eigenvalue weighted by Gasteiger charge is 2.00.